The van der Waals surface area contributed by atoms with Crippen molar-refractivity contribution in [2.75, 3.05) is 0 Å². The molecule has 0 aliphatic rings. The Hall–Kier alpha value is -3.20. The summed E-state index contributed by atoms with van der Waals surface area (Å²) < 4.78 is 1.97. The van der Waals surface area contributed by atoms with Crippen molar-refractivity contribution < 1.29 is 0 Å². The first-order valence-corrected chi connectivity index (χ1v) is 8.04. The third kappa shape index (κ3) is 1.85. The number of para-hydroxylation sites is 2. The van der Waals surface area contributed by atoms with Crippen molar-refractivity contribution in [3.05, 3.63) is 78.4 Å². The predicted molar refractivity (Wildman–Crippen MR) is 98.2 cm³/mol. The molecule has 0 amide bonds. The standard InChI is InChI=1S/C21H15N3/c1-14-10-12-15(13-11-14)20-16-6-2-3-7-17(16)21-22-18-8-4-5-9-19(18)24(21)23-20/h2-13H,1H3. The Bertz CT molecular complexity index is 1200. The fourth-order valence-electron chi connectivity index (χ4n) is 3.25. The zero-order valence-corrected chi connectivity index (χ0v) is 13.3. The summed E-state index contributed by atoms with van der Waals surface area (Å²) >= 11 is 0. The fourth-order valence-corrected chi connectivity index (χ4v) is 3.25. The summed E-state index contributed by atoms with van der Waals surface area (Å²) in [6.07, 6.45) is 0. The minimum Gasteiger partial charge on any atom is -0.226 e. The number of rotatable bonds is 1. The molecule has 0 atom stereocenters. The molecule has 2 aromatic heterocycles. The van der Waals surface area contributed by atoms with Crippen LogP contribution in [0.15, 0.2) is 72.8 Å². The molecule has 0 N–H and O–H groups in total. The second-order valence-electron chi connectivity index (χ2n) is 6.10. The van der Waals surface area contributed by atoms with E-state index in [9.17, 15) is 0 Å². The molecule has 0 fully saturated rings. The molecule has 0 spiro atoms. The van der Waals surface area contributed by atoms with E-state index in [1.165, 1.54) is 5.56 Å². The van der Waals surface area contributed by atoms with Crippen molar-refractivity contribution >= 4 is 27.5 Å². The van der Waals surface area contributed by atoms with Gasteiger partial charge < -0.3 is 0 Å². The summed E-state index contributed by atoms with van der Waals surface area (Å²) in [6.45, 7) is 2.10. The smallest absolute Gasteiger partial charge is 0.162 e. The molecule has 24 heavy (non-hydrogen) atoms. The fraction of sp³-hybridized carbons (Fsp3) is 0.0476. The summed E-state index contributed by atoms with van der Waals surface area (Å²) in [5.41, 5.74) is 6.26. The van der Waals surface area contributed by atoms with Crippen LogP contribution in [-0.2, 0) is 0 Å². The normalized spacial score (nSPS) is 11.5. The molecule has 0 aliphatic heterocycles. The maximum Gasteiger partial charge on any atom is 0.162 e. The van der Waals surface area contributed by atoms with Crippen molar-refractivity contribution in [2.24, 2.45) is 0 Å². The maximum absolute atomic E-state index is 4.95. The summed E-state index contributed by atoms with van der Waals surface area (Å²) in [5.74, 6) is 0. The molecular weight excluding hydrogens is 294 g/mol. The molecule has 114 valence electrons. The van der Waals surface area contributed by atoms with Crippen LogP contribution in [0.4, 0.5) is 0 Å². The molecular formula is C21H15N3. The van der Waals surface area contributed by atoms with Crippen LogP contribution in [-0.4, -0.2) is 14.6 Å². The van der Waals surface area contributed by atoms with Crippen LogP contribution in [0, 0.1) is 6.92 Å². The molecule has 5 aromatic rings. The highest BCUT2D eigenvalue weighted by Gasteiger charge is 2.13. The van der Waals surface area contributed by atoms with Gasteiger partial charge in [-0.05, 0) is 19.1 Å². The number of hydrogen-bond donors (Lipinski definition) is 0. The second-order valence-corrected chi connectivity index (χ2v) is 6.10. The Labute approximate surface area is 139 Å². The van der Waals surface area contributed by atoms with E-state index in [0.717, 1.165) is 38.7 Å². The van der Waals surface area contributed by atoms with Gasteiger partial charge in [0.05, 0.1) is 16.7 Å². The van der Waals surface area contributed by atoms with Crippen LogP contribution in [0.5, 0.6) is 0 Å². The van der Waals surface area contributed by atoms with Crippen molar-refractivity contribution in [2.45, 2.75) is 6.92 Å². The quantitative estimate of drug-likeness (QED) is 0.435. The van der Waals surface area contributed by atoms with Crippen LogP contribution >= 0.6 is 0 Å². The zero-order valence-electron chi connectivity index (χ0n) is 13.3. The largest absolute Gasteiger partial charge is 0.226 e. The number of hydrogen-bond acceptors (Lipinski definition) is 2. The third-order valence-electron chi connectivity index (χ3n) is 4.48. The van der Waals surface area contributed by atoms with Crippen LogP contribution < -0.4 is 0 Å². The van der Waals surface area contributed by atoms with Gasteiger partial charge in [0.1, 0.15) is 0 Å². The highest BCUT2D eigenvalue weighted by Crippen LogP contribution is 2.30. The van der Waals surface area contributed by atoms with Gasteiger partial charge in [-0.25, -0.2) is 9.50 Å². The lowest BCUT2D eigenvalue weighted by Gasteiger charge is -2.08. The number of nitrogens with zero attached hydrogens (tertiary/aromatic N) is 3. The molecule has 0 bridgehead atoms. The number of aryl methyl sites for hydroxylation is 1. The Morgan fingerprint density at radius 3 is 2.29 bits per heavy atom. The summed E-state index contributed by atoms with van der Waals surface area (Å²) in [5, 5.41) is 7.20. The van der Waals surface area contributed by atoms with Gasteiger partial charge in [0.15, 0.2) is 5.65 Å². The van der Waals surface area contributed by atoms with Crippen molar-refractivity contribution in [1.82, 2.24) is 14.6 Å². The van der Waals surface area contributed by atoms with Gasteiger partial charge in [-0.3, -0.25) is 0 Å². The van der Waals surface area contributed by atoms with E-state index < -0.39 is 0 Å². The van der Waals surface area contributed by atoms with Gasteiger partial charge in [0.2, 0.25) is 0 Å². The number of benzene rings is 3. The SMILES string of the molecule is Cc1ccc(-c2nn3c4ccccc4nc3c3ccccc23)cc1. The first-order valence-electron chi connectivity index (χ1n) is 8.04. The van der Waals surface area contributed by atoms with Crippen molar-refractivity contribution in [3.63, 3.8) is 0 Å². The Kier molecular flexibility index (Phi) is 2.71. The minimum atomic E-state index is 0.905. The van der Waals surface area contributed by atoms with Crippen LogP contribution in [0.2, 0.25) is 0 Å². The van der Waals surface area contributed by atoms with Gasteiger partial charge in [-0.15, -0.1) is 0 Å². The molecule has 0 saturated carbocycles. The molecule has 3 nitrogen and oxygen atoms in total. The van der Waals surface area contributed by atoms with Crippen LogP contribution in [0.25, 0.3) is 38.7 Å². The topological polar surface area (TPSA) is 30.2 Å². The van der Waals surface area contributed by atoms with Gasteiger partial charge in [-0.1, -0.05) is 66.2 Å². The average molecular weight is 309 g/mol. The maximum atomic E-state index is 4.95. The van der Waals surface area contributed by atoms with E-state index in [0.29, 0.717) is 0 Å². The number of aromatic nitrogens is 3. The van der Waals surface area contributed by atoms with Gasteiger partial charge in [0.25, 0.3) is 0 Å². The second kappa shape index (κ2) is 4.90. The molecule has 0 unspecified atom stereocenters. The lowest BCUT2D eigenvalue weighted by atomic mass is 10.0. The van der Waals surface area contributed by atoms with E-state index in [1.54, 1.807) is 0 Å². The highest BCUT2D eigenvalue weighted by atomic mass is 15.3. The van der Waals surface area contributed by atoms with Crippen LogP contribution in [0.3, 0.4) is 0 Å². The third-order valence-corrected chi connectivity index (χ3v) is 4.48. The predicted octanol–water partition coefficient (Wildman–Crippen LogP) is 5.01. The van der Waals surface area contributed by atoms with Crippen molar-refractivity contribution in [1.29, 1.82) is 0 Å². The van der Waals surface area contributed by atoms with E-state index >= 15 is 0 Å². The monoisotopic (exact) mass is 309 g/mol. The molecule has 0 radical (unpaired) electrons. The summed E-state index contributed by atoms with van der Waals surface area (Å²) in [4.78, 5) is 4.79. The molecule has 0 aliphatic carbocycles. The first kappa shape index (κ1) is 13.3. The minimum absolute atomic E-state index is 0.905. The van der Waals surface area contributed by atoms with Crippen LogP contribution in [0.1, 0.15) is 5.56 Å². The van der Waals surface area contributed by atoms with Gasteiger partial charge in [0, 0.05) is 16.3 Å². The zero-order chi connectivity index (χ0) is 16.1. The van der Waals surface area contributed by atoms with E-state index in [-0.39, 0.29) is 0 Å². The van der Waals surface area contributed by atoms with E-state index in [4.69, 9.17) is 10.1 Å². The first-order chi connectivity index (χ1) is 11.8. The summed E-state index contributed by atoms with van der Waals surface area (Å²) in [6, 6.07) is 25.0. The molecule has 2 heterocycles. The lowest BCUT2D eigenvalue weighted by Crippen LogP contribution is -1.97. The molecule has 3 aromatic carbocycles. The summed E-state index contributed by atoms with van der Waals surface area (Å²) in [7, 11) is 0. The van der Waals surface area contributed by atoms with Gasteiger partial charge in [-0.2, -0.15) is 5.10 Å². The number of fused-ring (bicyclic) bond motifs is 5. The highest BCUT2D eigenvalue weighted by molar-refractivity contribution is 6.03. The lowest BCUT2D eigenvalue weighted by molar-refractivity contribution is 0.985. The van der Waals surface area contributed by atoms with E-state index in [2.05, 4.69) is 61.5 Å². The van der Waals surface area contributed by atoms with Crippen molar-refractivity contribution in [3.8, 4) is 11.3 Å². The Balaban J connectivity index is 1.97. The number of imidazole rings is 1. The molecule has 5 rings (SSSR count). The Morgan fingerprint density at radius 2 is 1.46 bits per heavy atom. The molecule has 0 saturated heterocycles. The van der Waals surface area contributed by atoms with Gasteiger partial charge >= 0.3 is 0 Å². The average Bonchev–Trinajstić information content (AvgIpc) is 3.01. The van der Waals surface area contributed by atoms with E-state index in [1.807, 2.05) is 22.7 Å². The molecule has 3 heteroatoms. The Morgan fingerprint density at radius 1 is 0.750 bits per heavy atom.